The monoisotopic (exact) mass is 299 g/mol. The first-order chi connectivity index (χ1) is 10.5. The first kappa shape index (κ1) is 14.3. The van der Waals surface area contributed by atoms with Crippen molar-refractivity contribution in [3.63, 3.8) is 0 Å². The van der Waals surface area contributed by atoms with Gasteiger partial charge in [0.05, 0.1) is 6.20 Å². The molecule has 0 aliphatic rings. The van der Waals surface area contributed by atoms with Crippen LogP contribution in [-0.4, -0.2) is 29.0 Å². The second kappa shape index (κ2) is 5.63. The summed E-state index contributed by atoms with van der Waals surface area (Å²) in [6, 6.07) is 8.32. The Morgan fingerprint density at radius 3 is 2.86 bits per heavy atom. The highest BCUT2D eigenvalue weighted by atomic mass is 19.1. The van der Waals surface area contributed by atoms with Crippen LogP contribution >= 0.6 is 0 Å². The van der Waals surface area contributed by atoms with E-state index in [1.165, 1.54) is 11.6 Å². The average molecular weight is 299 g/mol. The Bertz CT molecular complexity index is 809. The number of hydrogen-bond donors (Lipinski definition) is 2. The molecule has 0 fully saturated rings. The molecule has 22 heavy (non-hydrogen) atoms. The van der Waals surface area contributed by atoms with Crippen molar-refractivity contribution in [2.45, 2.75) is 13.5 Å². The molecular weight excluding hydrogens is 281 g/mol. The molecule has 0 saturated heterocycles. The van der Waals surface area contributed by atoms with Crippen molar-refractivity contribution in [1.29, 1.82) is 0 Å². The lowest BCUT2D eigenvalue weighted by Gasteiger charge is -2.13. The van der Waals surface area contributed by atoms with E-state index in [0.717, 1.165) is 16.8 Å². The number of H-pyrrole nitrogens is 1. The molecule has 0 unspecified atom stereocenters. The molecule has 2 heterocycles. The van der Waals surface area contributed by atoms with Crippen molar-refractivity contribution in [2.24, 2.45) is 0 Å². The minimum Gasteiger partial charge on any atom is -0.360 e. The van der Waals surface area contributed by atoms with Crippen molar-refractivity contribution in [3.8, 4) is 0 Å². The highest BCUT2D eigenvalue weighted by Crippen LogP contribution is 2.18. The lowest BCUT2D eigenvalue weighted by molar-refractivity contribution is 0.612. The maximum Gasteiger partial charge on any atom is 0.225 e. The Morgan fingerprint density at radius 1 is 1.27 bits per heavy atom. The predicted molar refractivity (Wildman–Crippen MR) is 86.7 cm³/mol. The van der Waals surface area contributed by atoms with Crippen LogP contribution < -0.4 is 10.2 Å². The zero-order valence-electron chi connectivity index (χ0n) is 12.8. The van der Waals surface area contributed by atoms with Gasteiger partial charge in [0, 0.05) is 31.9 Å². The number of benzene rings is 1. The summed E-state index contributed by atoms with van der Waals surface area (Å²) in [4.78, 5) is 13.1. The van der Waals surface area contributed by atoms with Crippen LogP contribution in [0.5, 0.6) is 0 Å². The summed E-state index contributed by atoms with van der Waals surface area (Å²) in [6.07, 6.45) is 1.18. The second-order valence-corrected chi connectivity index (χ2v) is 5.49. The predicted octanol–water partition coefficient (Wildman–Crippen LogP) is 3.08. The first-order valence-electron chi connectivity index (χ1n) is 7.05. The van der Waals surface area contributed by atoms with Crippen LogP contribution in [0.25, 0.3) is 10.9 Å². The lowest BCUT2D eigenvalue weighted by Crippen LogP contribution is -2.15. The van der Waals surface area contributed by atoms with Crippen molar-refractivity contribution in [1.82, 2.24) is 15.0 Å². The lowest BCUT2D eigenvalue weighted by atomic mass is 10.1. The number of aromatic amines is 1. The largest absolute Gasteiger partial charge is 0.360 e. The van der Waals surface area contributed by atoms with E-state index in [0.29, 0.717) is 12.5 Å². The number of hydrogen-bond acceptors (Lipinski definition) is 4. The van der Waals surface area contributed by atoms with Crippen LogP contribution in [0.1, 0.15) is 11.3 Å². The fourth-order valence-electron chi connectivity index (χ4n) is 2.38. The van der Waals surface area contributed by atoms with Gasteiger partial charge in [-0.2, -0.15) is 4.98 Å². The second-order valence-electron chi connectivity index (χ2n) is 5.49. The third-order valence-corrected chi connectivity index (χ3v) is 3.42. The molecule has 0 radical (unpaired) electrons. The molecule has 5 nitrogen and oxygen atoms in total. The number of anilines is 2. The Kier molecular flexibility index (Phi) is 3.66. The van der Waals surface area contributed by atoms with Gasteiger partial charge < -0.3 is 15.2 Å². The minimum absolute atomic E-state index is 0.272. The van der Waals surface area contributed by atoms with Gasteiger partial charge in [0.15, 0.2) is 11.6 Å². The van der Waals surface area contributed by atoms with Gasteiger partial charge in [0.1, 0.15) is 0 Å². The number of halogens is 1. The summed E-state index contributed by atoms with van der Waals surface area (Å²) in [7, 11) is 3.49. The van der Waals surface area contributed by atoms with E-state index >= 15 is 0 Å². The van der Waals surface area contributed by atoms with E-state index in [1.807, 2.05) is 13.0 Å². The van der Waals surface area contributed by atoms with Gasteiger partial charge in [0.25, 0.3) is 0 Å². The van der Waals surface area contributed by atoms with E-state index in [1.54, 1.807) is 19.0 Å². The molecule has 0 atom stereocenters. The van der Waals surface area contributed by atoms with Crippen LogP contribution in [-0.2, 0) is 6.54 Å². The molecule has 0 spiro atoms. The maximum absolute atomic E-state index is 13.6. The van der Waals surface area contributed by atoms with Gasteiger partial charge in [-0.3, -0.25) is 0 Å². The molecule has 3 aromatic rings. The molecule has 2 aromatic heterocycles. The van der Waals surface area contributed by atoms with Gasteiger partial charge in [-0.25, -0.2) is 9.37 Å². The number of aromatic nitrogens is 3. The third kappa shape index (κ3) is 2.86. The van der Waals surface area contributed by atoms with E-state index in [9.17, 15) is 4.39 Å². The highest BCUT2D eigenvalue weighted by molar-refractivity contribution is 5.81. The van der Waals surface area contributed by atoms with Crippen molar-refractivity contribution < 1.29 is 4.39 Å². The van der Waals surface area contributed by atoms with E-state index in [2.05, 4.69) is 38.5 Å². The quantitative estimate of drug-likeness (QED) is 0.777. The van der Waals surface area contributed by atoms with Gasteiger partial charge in [-0.1, -0.05) is 6.07 Å². The number of rotatable bonds is 4. The maximum atomic E-state index is 13.6. The molecule has 0 bridgehead atoms. The van der Waals surface area contributed by atoms with Gasteiger partial charge in [-0.05, 0) is 36.1 Å². The third-order valence-electron chi connectivity index (χ3n) is 3.42. The Morgan fingerprint density at radius 2 is 2.09 bits per heavy atom. The van der Waals surface area contributed by atoms with Crippen molar-refractivity contribution in [2.75, 3.05) is 24.3 Å². The van der Waals surface area contributed by atoms with E-state index in [-0.39, 0.29) is 5.82 Å². The highest BCUT2D eigenvalue weighted by Gasteiger charge is 2.08. The van der Waals surface area contributed by atoms with Crippen molar-refractivity contribution in [3.05, 3.63) is 47.5 Å². The molecule has 6 heteroatoms. The van der Waals surface area contributed by atoms with Gasteiger partial charge >= 0.3 is 0 Å². The van der Waals surface area contributed by atoms with Crippen LogP contribution in [0.15, 0.2) is 30.5 Å². The van der Waals surface area contributed by atoms with Crippen LogP contribution in [0.4, 0.5) is 16.2 Å². The van der Waals surface area contributed by atoms with E-state index < -0.39 is 5.82 Å². The molecule has 114 valence electrons. The standard InChI is InChI=1S/C16H18FN5/c1-10-6-12-7-11(4-5-14(12)20-10)8-18-16-19-9-13(17)15(21-16)22(2)3/h4-7,9,20H,8H2,1-3H3,(H,18,19,21). The zero-order chi connectivity index (χ0) is 15.7. The average Bonchev–Trinajstić information content (AvgIpc) is 2.85. The molecule has 0 aliphatic carbocycles. The fraction of sp³-hybridized carbons (Fsp3) is 0.250. The smallest absolute Gasteiger partial charge is 0.225 e. The number of nitrogens with zero attached hydrogens (tertiary/aromatic N) is 3. The molecule has 1 aromatic carbocycles. The SMILES string of the molecule is Cc1cc2cc(CNc3ncc(F)c(N(C)C)n3)ccc2[nH]1. The minimum atomic E-state index is -0.431. The zero-order valence-corrected chi connectivity index (χ0v) is 12.8. The molecule has 2 N–H and O–H groups in total. The number of nitrogens with one attached hydrogen (secondary N) is 2. The molecular formula is C16H18FN5. The topological polar surface area (TPSA) is 56.8 Å². The summed E-state index contributed by atoms with van der Waals surface area (Å²) in [5, 5.41) is 4.30. The Hall–Kier alpha value is -2.63. The molecule has 3 rings (SSSR count). The Balaban J connectivity index is 1.77. The van der Waals surface area contributed by atoms with Crippen LogP contribution in [0.3, 0.4) is 0 Å². The summed E-state index contributed by atoms with van der Waals surface area (Å²) in [5.74, 6) is 0.254. The van der Waals surface area contributed by atoms with Crippen molar-refractivity contribution >= 4 is 22.7 Å². The molecule has 0 aliphatic heterocycles. The summed E-state index contributed by atoms with van der Waals surface area (Å²) in [6.45, 7) is 2.62. The summed E-state index contributed by atoms with van der Waals surface area (Å²) in [5.41, 5.74) is 3.37. The van der Waals surface area contributed by atoms with Crippen LogP contribution in [0, 0.1) is 12.7 Å². The molecule has 0 amide bonds. The Labute approximate surface area is 128 Å². The first-order valence-corrected chi connectivity index (χ1v) is 7.05. The van der Waals surface area contributed by atoms with Gasteiger partial charge in [0.2, 0.25) is 5.95 Å². The van der Waals surface area contributed by atoms with E-state index in [4.69, 9.17) is 0 Å². The number of fused-ring (bicyclic) bond motifs is 1. The molecule has 0 saturated carbocycles. The van der Waals surface area contributed by atoms with Gasteiger partial charge in [-0.15, -0.1) is 0 Å². The number of aryl methyl sites for hydroxylation is 1. The fourth-order valence-corrected chi connectivity index (χ4v) is 2.38. The summed E-state index contributed by atoms with van der Waals surface area (Å²) >= 11 is 0. The normalized spacial score (nSPS) is 10.9. The summed E-state index contributed by atoms with van der Waals surface area (Å²) < 4.78 is 13.6. The van der Waals surface area contributed by atoms with Crippen LogP contribution in [0.2, 0.25) is 0 Å².